The van der Waals surface area contributed by atoms with Crippen LogP contribution in [0.3, 0.4) is 0 Å². The van der Waals surface area contributed by atoms with Crippen LogP contribution in [0.4, 0.5) is 0 Å². The fraction of sp³-hybridized carbons (Fsp3) is 0.562. The van der Waals surface area contributed by atoms with Crippen molar-refractivity contribution in [3.63, 3.8) is 0 Å². The molecule has 3 nitrogen and oxygen atoms in total. The monoisotopic (exact) mass is 291 g/mol. The first-order valence-corrected chi connectivity index (χ1v) is 8.63. The molecule has 1 N–H and O–H groups in total. The maximum absolute atomic E-state index is 4.71. The predicted molar refractivity (Wildman–Crippen MR) is 89.5 cm³/mol. The first-order chi connectivity index (χ1) is 9.76. The standard InChI is InChI=1S/C16H25N3S/c1-4-10-17-13(12-20-5-2)11-15-14-8-6-7-9-16(14)19(3)18-15/h6-9,13,17H,4-5,10-12H2,1-3H3. The van der Waals surface area contributed by atoms with Crippen LogP contribution in [0.2, 0.25) is 0 Å². The Morgan fingerprint density at radius 1 is 1.30 bits per heavy atom. The van der Waals surface area contributed by atoms with E-state index in [4.69, 9.17) is 5.10 Å². The van der Waals surface area contributed by atoms with Crippen LogP contribution in [0.5, 0.6) is 0 Å². The highest BCUT2D eigenvalue weighted by Crippen LogP contribution is 2.19. The minimum Gasteiger partial charge on any atom is -0.313 e. The van der Waals surface area contributed by atoms with E-state index in [-0.39, 0.29) is 0 Å². The van der Waals surface area contributed by atoms with E-state index < -0.39 is 0 Å². The maximum Gasteiger partial charge on any atom is 0.0719 e. The zero-order valence-corrected chi connectivity index (χ0v) is 13.5. The maximum atomic E-state index is 4.71. The van der Waals surface area contributed by atoms with Crippen molar-refractivity contribution in [1.29, 1.82) is 0 Å². The van der Waals surface area contributed by atoms with E-state index in [1.54, 1.807) is 0 Å². The molecule has 0 amide bonds. The topological polar surface area (TPSA) is 29.9 Å². The van der Waals surface area contributed by atoms with Gasteiger partial charge in [-0.3, -0.25) is 4.68 Å². The summed E-state index contributed by atoms with van der Waals surface area (Å²) >= 11 is 2.00. The molecule has 0 fully saturated rings. The smallest absolute Gasteiger partial charge is 0.0719 e. The van der Waals surface area contributed by atoms with Crippen LogP contribution in [0.1, 0.15) is 26.0 Å². The number of nitrogens with zero attached hydrogens (tertiary/aromatic N) is 2. The van der Waals surface area contributed by atoms with Crippen LogP contribution in [0.25, 0.3) is 10.9 Å². The van der Waals surface area contributed by atoms with Crippen LogP contribution in [0.15, 0.2) is 24.3 Å². The number of aryl methyl sites for hydroxylation is 1. The number of thioether (sulfide) groups is 1. The second kappa shape index (κ2) is 7.70. The molecule has 2 rings (SSSR count). The summed E-state index contributed by atoms with van der Waals surface area (Å²) in [5, 5.41) is 9.66. The van der Waals surface area contributed by atoms with Crippen molar-refractivity contribution in [2.75, 3.05) is 18.1 Å². The molecule has 0 radical (unpaired) electrons. The highest BCUT2D eigenvalue weighted by atomic mass is 32.2. The van der Waals surface area contributed by atoms with E-state index in [1.807, 2.05) is 23.5 Å². The largest absolute Gasteiger partial charge is 0.313 e. The molecular formula is C16H25N3S. The first-order valence-electron chi connectivity index (χ1n) is 7.48. The molecule has 1 unspecified atom stereocenters. The molecular weight excluding hydrogens is 266 g/mol. The van der Waals surface area contributed by atoms with Gasteiger partial charge in [0.2, 0.25) is 0 Å². The Morgan fingerprint density at radius 3 is 2.85 bits per heavy atom. The molecule has 0 bridgehead atoms. The van der Waals surface area contributed by atoms with Crippen LogP contribution in [-0.4, -0.2) is 33.9 Å². The van der Waals surface area contributed by atoms with Crippen LogP contribution >= 0.6 is 11.8 Å². The summed E-state index contributed by atoms with van der Waals surface area (Å²) < 4.78 is 1.99. The predicted octanol–water partition coefficient (Wildman–Crippen LogP) is 3.24. The molecule has 0 spiro atoms. The fourth-order valence-electron chi connectivity index (χ4n) is 2.47. The third-order valence-corrected chi connectivity index (χ3v) is 4.53. The van der Waals surface area contributed by atoms with Crippen molar-refractivity contribution in [1.82, 2.24) is 15.1 Å². The minimum atomic E-state index is 0.512. The van der Waals surface area contributed by atoms with Gasteiger partial charge in [-0.15, -0.1) is 0 Å². The Kier molecular flexibility index (Phi) is 5.92. The molecule has 0 aliphatic heterocycles. The average molecular weight is 291 g/mol. The van der Waals surface area contributed by atoms with Gasteiger partial charge in [0.25, 0.3) is 0 Å². The van der Waals surface area contributed by atoms with E-state index in [1.165, 1.54) is 28.8 Å². The highest BCUT2D eigenvalue weighted by molar-refractivity contribution is 7.99. The minimum absolute atomic E-state index is 0.512. The number of para-hydroxylation sites is 1. The van der Waals surface area contributed by atoms with Crippen molar-refractivity contribution in [3.05, 3.63) is 30.0 Å². The summed E-state index contributed by atoms with van der Waals surface area (Å²) in [6.07, 6.45) is 2.19. The Hall–Kier alpha value is -1.00. The fourth-order valence-corrected chi connectivity index (χ4v) is 3.23. The van der Waals surface area contributed by atoms with Gasteiger partial charge in [0.05, 0.1) is 11.2 Å². The summed E-state index contributed by atoms with van der Waals surface area (Å²) in [7, 11) is 2.03. The van der Waals surface area contributed by atoms with Gasteiger partial charge in [0, 0.05) is 30.6 Å². The zero-order valence-electron chi connectivity index (χ0n) is 12.7. The molecule has 1 atom stereocenters. The third kappa shape index (κ3) is 3.76. The quantitative estimate of drug-likeness (QED) is 0.810. The second-order valence-electron chi connectivity index (χ2n) is 5.10. The lowest BCUT2D eigenvalue weighted by atomic mass is 10.1. The molecule has 20 heavy (non-hydrogen) atoms. The van der Waals surface area contributed by atoms with E-state index in [9.17, 15) is 0 Å². The lowest BCUT2D eigenvalue weighted by Crippen LogP contribution is -2.34. The molecule has 110 valence electrons. The second-order valence-corrected chi connectivity index (χ2v) is 6.42. The molecule has 0 aliphatic rings. The zero-order chi connectivity index (χ0) is 14.4. The summed E-state index contributed by atoms with van der Waals surface area (Å²) in [6, 6.07) is 9.01. The highest BCUT2D eigenvalue weighted by Gasteiger charge is 2.14. The summed E-state index contributed by atoms with van der Waals surface area (Å²) in [4.78, 5) is 0. The summed E-state index contributed by atoms with van der Waals surface area (Å²) in [5.41, 5.74) is 2.44. The van der Waals surface area contributed by atoms with Crippen molar-refractivity contribution in [3.8, 4) is 0 Å². The lowest BCUT2D eigenvalue weighted by Gasteiger charge is -2.17. The van der Waals surface area contributed by atoms with E-state index in [2.05, 4.69) is 43.4 Å². The number of rotatable bonds is 8. The first kappa shape index (κ1) is 15.4. The summed E-state index contributed by atoms with van der Waals surface area (Å²) in [5.74, 6) is 2.33. The van der Waals surface area contributed by atoms with Crippen LogP contribution < -0.4 is 5.32 Å². The number of aromatic nitrogens is 2. The van der Waals surface area contributed by atoms with Crippen molar-refractivity contribution < 1.29 is 0 Å². The Labute approximate surface area is 126 Å². The SMILES string of the molecule is CCCNC(CSCC)Cc1nn(C)c2ccccc12. The molecule has 4 heteroatoms. The van der Waals surface area contributed by atoms with Crippen LogP contribution in [-0.2, 0) is 13.5 Å². The van der Waals surface area contributed by atoms with Crippen molar-refractivity contribution >= 4 is 22.7 Å². The Morgan fingerprint density at radius 2 is 2.10 bits per heavy atom. The van der Waals surface area contributed by atoms with E-state index >= 15 is 0 Å². The van der Waals surface area contributed by atoms with Gasteiger partial charge in [-0.05, 0) is 24.8 Å². The number of hydrogen-bond donors (Lipinski definition) is 1. The Balaban J connectivity index is 2.14. The lowest BCUT2D eigenvalue weighted by molar-refractivity contribution is 0.543. The molecule has 2 aromatic rings. The van der Waals surface area contributed by atoms with Gasteiger partial charge in [-0.2, -0.15) is 16.9 Å². The van der Waals surface area contributed by atoms with Crippen LogP contribution in [0, 0.1) is 0 Å². The van der Waals surface area contributed by atoms with Gasteiger partial charge >= 0.3 is 0 Å². The Bertz CT molecular complexity index is 528. The van der Waals surface area contributed by atoms with Gasteiger partial charge < -0.3 is 5.32 Å². The molecule has 0 saturated carbocycles. The number of benzene rings is 1. The average Bonchev–Trinajstić information content (AvgIpc) is 2.79. The van der Waals surface area contributed by atoms with Gasteiger partial charge in [-0.1, -0.05) is 32.0 Å². The van der Waals surface area contributed by atoms with Crippen molar-refractivity contribution in [2.24, 2.45) is 7.05 Å². The molecule has 0 saturated heterocycles. The summed E-state index contributed by atoms with van der Waals surface area (Å²) in [6.45, 7) is 5.52. The molecule has 1 heterocycles. The van der Waals surface area contributed by atoms with Crippen molar-refractivity contribution in [2.45, 2.75) is 32.7 Å². The van der Waals surface area contributed by atoms with E-state index in [0.29, 0.717) is 6.04 Å². The third-order valence-electron chi connectivity index (χ3n) is 3.48. The van der Waals surface area contributed by atoms with Gasteiger partial charge in [0.1, 0.15) is 0 Å². The number of hydrogen-bond acceptors (Lipinski definition) is 3. The number of nitrogens with one attached hydrogen (secondary N) is 1. The molecule has 1 aromatic heterocycles. The molecule has 0 aliphatic carbocycles. The van der Waals surface area contributed by atoms with Gasteiger partial charge in [0.15, 0.2) is 0 Å². The number of fused-ring (bicyclic) bond motifs is 1. The molecule has 1 aromatic carbocycles. The van der Waals surface area contributed by atoms with E-state index in [0.717, 1.165) is 18.7 Å². The van der Waals surface area contributed by atoms with Gasteiger partial charge in [-0.25, -0.2) is 0 Å². The normalized spacial score (nSPS) is 12.9.